The predicted molar refractivity (Wildman–Crippen MR) is 141 cm³/mol. The Morgan fingerprint density at radius 3 is 2.56 bits per heavy atom. The average Bonchev–Trinajstić information content (AvgIpc) is 2.83. The van der Waals surface area contributed by atoms with Crippen LogP contribution in [0.25, 0.3) is 6.08 Å². The van der Waals surface area contributed by atoms with E-state index in [1.54, 1.807) is 30.3 Å². The highest BCUT2D eigenvalue weighted by atomic mass is 35.5. The van der Waals surface area contributed by atoms with Crippen molar-refractivity contribution in [2.75, 3.05) is 4.90 Å². The number of amides is 4. The number of allylic oxidation sites excluding steroid dienone is 1. The molecule has 36 heavy (non-hydrogen) atoms. The summed E-state index contributed by atoms with van der Waals surface area (Å²) in [6.07, 6.45) is 3.75. The number of barbiturate groups is 1. The standard InChI is InChI=1S/C29H25ClN2O4/c1-4-6-22-14-20(10-12-26(22)36-17-21-8-5-7-18(2)13-21)15-24-27(33)31-29(35)32(28(24)34)23-11-9-19(3)25(30)16-23/h4-5,7-16H,1,6,17H2,2-3H3,(H,31,33,35)/b24-15-. The Labute approximate surface area is 214 Å². The quantitative estimate of drug-likeness (QED) is 0.248. The van der Waals surface area contributed by atoms with Crippen LogP contribution in [0, 0.1) is 13.8 Å². The van der Waals surface area contributed by atoms with E-state index in [4.69, 9.17) is 16.3 Å². The lowest BCUT2D eigenvalue weighted by Crippen LogP contribution is -2.54. The fourth-order valence-corrected chi connectivity index (χ4v) is 4.06. The summed E-state index contributed by atoms with van der Waals surface area (Å²) in [6.45, 7) is 8.06. The number of nitrogens with one attached hydrogen (secondary N) is 1. The van der Waals surface area contributed by atoms with E-state index in [-0.39, 0.29) is 11.3 Å². The van der Waals surface area contributed by atoms with E-state index < -0.39 is 17.8 Å². The minimum Gasteiger partial charge on any atom is -0.489 e. The van der Waals surface area contributed by atoms with Crippen LogP contribution in [0.5, 0.6) is 5.75 Å². The zero-order valence-corrected chi connectivity index (χ0v) is 20.8. The van der Waals surface area contributed by atoms with Crippen LogP contribution in [0.3, 0.4) is 0 Å². The highest BCUT2D eigenvalue weighted by molar-refractivity contribution is 6.39. The second kappa shape index (κ2) is 10.6. The molecule has 3 aromatic carbocycles. The first-order valence-corrected chi connectivity index (χ1v) is 11.7. The molecule has 1 N–H and O–H groups in total. The third kappa shape index (κ3) is 5.39. The van der Waals surface area contributed by atoms with Crippen molar-refractivity contribution in [3.05, 3.63) is 112 Å². The molecule has 1 aliphatic heterocycles. The monoisotopic (exact) mass is 500 g/mol. The predicted octanol–water partition coefficient (Wildman–Crippen LogP) is 5.93. The molecule has 0 bridgehead atoms. The van der Waals surface area contributed by atoms with E-state index in [0.29, 0.717) is 29.4 Å². The van der Waals surface area contributed by atoms with Gasteiger partial charge in [-0.1, -0.05) is 59.6 Å². The van der Waals surface area contributed by atoms with Gasteiger partial charge in [-0.2, -0.15) is 0 Å². The van der Waals surface area contributed by atoms with Gasteiger partial charge in [0.05, 0.1) is 5.69 Å². The number of aryl methyl sites for hydroxylation is 2. The Kier molecular flexibility index (Phi) is 7.36. The van der Waals surface area contributed by atoms with Gasteiger partial charge in [0, 0.05) is 5.02 Å². The van der Waals surface area contributed by atoms with Crippen molar-refractivity contribution in [2.24, 2.45) is 0 Å². The SMILES string of the molecule is C=CCc1cc(/C=C2/C(=O)NC(=O)N(c3ccc(C)c(Cl)c3)C2=O)ccc1OCc1cccc(C)c1. The molecule has 0 aromatic heterocycles. The lowest BCUT2D eigenvalue weighted by molar-refractivity contribution is -0.122. The van der Waals surface area contributed by atoms with Gasteiger partial charge >= 0.3 is 6.03 Å². The summed E-state index contributed by atoms with van der Waals surface area (Å²) in [7, 11) is 0. The Balaban J connectivity index is 1.62. The van der Waals surface area contributed by atoms with Crippen LogP contribution >= 0.6 is 11.6 Å². The molecule has 3 aromatic rings. The molecule has 6 nitrogen and oxygen atoms in total. The smallest absolute Gasteiger partial charge is 0.335 e. The summed E-state index contributed by atoms with van der Waals surface area (Å²) in [6, 6.07) is 17.5. The Bertz CT molecular complexity index is 1410. The van der Waals surface area contributed by atoms with Gasteiger partial charge in [0.25, 0.3) is 11.8 Å². The molecule has 0 aliphatic carbocycles. The van der Waals surface area contributed by atoms with Gasteiger partial charge in [-0.3, -0.25) is 14.9 Å². The van der Waals surface area contributed by atoms with Gasteiger partial charge in [-0.15, -0.1) is 6.58 Å². The minimum atomic E-state index is -0.825. The van der Waals surface area contributed by atoms with Crippen LogP contribution in [0.1, 0.15) is 27.8 Å². The molecule has 4 amide bonds. The zero-order chi connectivity index (χ0) is 25.8. The molecule has 0 unspecified atom stereocenters. The maximum absolute atomic E-state index is 13.2. The van der Waals surface area contributed by atoms with Crippen molar-refractivity contribution < 1.29 is 19.1 Å². The van der Waals surface area contributed by atoms with Gasteiger partial charge < -0.3 is 4.74 Å². The maximum atomic E-state index is 13.2. The van der Waals surface area contributed by atoms with Crippen molar-refractivity contribution in [1.82, 2.24) is 5.32 Å². The normalized spacial score (nSPS) is 14.7. The summed E-state index contributed by atoms with van der Waals surface area (Å²) in [5, 5.41) is 2.64. The molecular weight excluding hydrogens is 476 g/mol. The minimum absolute atomic E-state index is 0.163. The van der Waals surface area contributed by atoms with Crippen LogP contribution in [-0.4, -0.2) is 17.8 Å². The van der Waals surface area contributed by atoms with E-state index in [2.05, 4.69) is 18.0 Å². The summed E-state index contributed by atoms with van der Waals surface area (Å²) in [4.78, 5) is 39.2. The summed E-state index contributed by atoms with van der Waals surface area (Å²) < 4.78 is 6.05. The Morgan fingerprint density at radius 1 is 1.03 bits per heavy atom. The number of ether oxygens (including phenoxy) is 1. The van der Waals surface area contributed by atoms with E-state index in [1.165, 1.54) is 12.1 Å². The number of hydrogen-bond donors (Lipinski definition) is 1. The molecule has 1 saturated heterocycles. The van der Waals surface area contributed by atoms with Gasteiger partial charge in [-0.25, -0.2) is 9.69 Å². The van der Waals surface area contributed by atoms with Gasteiger partial charge in [-0.05, 0) is 72.9 Å². The van der Waals surface area contributed by atoms with Crippen LogP contribution in [0.15, 0.2) is 78.9 Å². The van der Waals surface area contributed by atoms with Crippen LogP contribution in [-0.2, 0) is 22.6 Å². The van der Waals surface area contributed by atoms with E-state index in [1.807, 2.05) is 38.1 Å². The number of imide groups is 2. The van der Waals surface area contributed by atoms with Crippen molar-refractivity contribution in [1.29, 1.82) is 0 Å². The average molecular weight is 501 g/mol. The molecule has 0 saturated carbocycles. The summed E-state index contributed by atoms with van der Waals surface area (Å²) in [5.74, 6) is -0.803. The molecule has 4 rings (SSSR count). The van der Waals surface area contributed by atoms with Gasteiger partial charge in [0.1, 0.15) is 17.9 Å². The lowest BCUT2D eigenvalue weighted by Gasteiger charge is -2.26. The second-order valence-electron chi connectivity index (χ2n) is 8.53. The second-order valence-corrected chi connectivity index (χ2v) is 8.94. The lowest BCUT2D eigenvalue weighted by atomic mass is 10.0. The molecular formula is C29H25ClN2O4. The number of carbonyl (C=O) groups excluding carboxylic acids is 3. The fourth-order valence-electron chi connectivity index (χ4n) is 3.89. The first-order chi connectivity index (χ1) is 17.3. The van der Waals surface area contributed by atoms with Gasteiger partial charge in [0.15, 0.2) is 0 Å². The maximum Gasteiger partial charge on any atom is 0.335 e. The first-order valence-electron chi connectivity index (χ1n) is 11.4. The van der Waals surface area contributed by atoms with Crippen molar-refractivity contribution in [3.8, 4) is 5.75 Å². The van der Waals surface area contributed by atoms with E-state index in [9.17, 15) is 14.4 Å². The zero-order valence-electron chi connectivity index (χ0n) is 20.0. The van der Waals surface area contributed by atoms with Crippen LogP contribution < -0.4 is 15.0 Å². The third-order valence-corrected chi connectivity index (χ3v) is 6.16. The number of urea groups is 1. The molecule has 0 radical (unpaired) electrons. The molecule has 0 spiro atoms. The highest BCUT2D eigenvalue weighted by Gasteiger charge is 2.37. The van der Waals surface area contributed by atoms with E-state index >= 15 is 0 Å². The number of carbonyl (C=O) groups is 3. The van der Waals surface area contributed by atoms with Crippen molar-refractivity contribution >= 4 is 41.2 Å². The number of anilines is 1. The summed E-state index contributed by atoms with van der Waals surface area (Å²) in [5.41, 5.74) is 4.59. The summed E-state index contributed by atoms with van der Waals surface area (Å²) >= 11 is 6.19. The highest BCUT2D eigenvalue weighted by Crippen LogP contribution is 2.28. The Hall–Kier alpha value is -4.16. The number of nitrogens with zero attached hydrogens (tertiary/aromatic N) is 1. The third-order valence-electron chi connectivity index (χ3n) is 5.75. The fraction of sp³-hybridized carbons (Fsp3) is 0.138. The number of benzene rings is 3. The van der Waals surface area contributed by atoms with Gasteiger partial charge in [0.2, 0.25) is 0 Å². The molecule has 1 heterocycles. The van der Waals surface area contributed by atoms with Crippen molar-refractivity contribution in [2.45, 2.75) is 26.9 Å². The number of halogens is 1. The largest absolute Gasteiger partial charge is 0.489 e. The first kappa shape index (κ1) is 24.9. The molecule has 7 heteroatoms. The topological polar surface area (TPSA) is 75.7 Å². The van der Waals surface area contributed by atoms with Crippen LogP contribution in [0.4, 0.5) is 10.5 Å². The van der Waals surface area contributed by atoms with Crippen LogP contribution in [0.2, 0.25) is 5.02 Å². The molecule has 0 atom stereocenters. The number of rotatable bonds is 7. The molecule has 182 valence electrons. The Morgan fingerprint density at radius 2 is 1.83 bits per heavy atom. The van der Waals surface area contributed by atoms with Crippen molar-refractivity contribution in [3.63, 3.8) is 0 Å². The van der Waals surface area contributed by atoms with E-state index in [0.717, 1.165) is 27.2 Å². The molecule has 1 fully saturated rings. The molecule has 1 aliphatic rings. The number of hydrogen-bond acceptors (Lipinski definition) is 4.